The van der Waals surface area contributed by atoms with E-state index in [1.807, 2.05) is 0 Å². The van der Waals surface area contributed by atoms with E-state index in [4.69, 9.17) is 10.6 Å². The van der Waals surface area contributed by atoms with Gasteiger partial charge >= 0.3 is 12.1 Å². The first kappa shape index (κ1) is 18.3. The van der Waals surface area contributed by atoms with Crippen molar-refractivity contribution in [2.24, 2.45) is 10.8 Å². The van der Waals surface area contributed by atoms with Gasteiger partial charge in [-0.1, -0.05) is 36.9 Å². The van der Waals surface area contributed by atoms with E-state index in [0.29, 0.717) is 12.1 Å². The predicted octanol–water partition coefficient (Wildman–Crippen LogP) is 3.15. The molecule has 0 saturated heterocycles. The van der Waals surface area contributed by atoms with E-state index >= 15 is 0 Å². The van der Waals surface area contributed by atoms with E-state index in [2.05, 4.69) is 10.4 Å². The van der Waals surface area contributed by atoms with Crippen LogP contribution in [0.25, 0.3) is 0 Å². The molecule has 5 nitrogen and oxygen atoms in total. The Labute approximate surface area is 141 Å². The molecule has 3 N–H and O–H groups in total. The summed E-state index contributed by atoms with van der Waals surface area (Å²) in [4.78, 5) is 16.4. The lowest BCUT2D eigenvalue weighted by Gasteiger charge is -2.27. The number of nitrogens with zero attached hydrogens (tertiary/aromatic N) is 1. The second kappa shape index (κ2) is 7.27. The molecule has 1 aromatic rings. The van der Waals surface area contributed by atoms with Gasteiger partial charge in [0, 0.05) is 0 Å². The summed E-state index contributed by atoms with van der Waals surface area (Å²) in [5.41, 5.74) is 1.94. The Morgan fingerprint density at radius 3 is 2.62 bits per heavy atom. The van der Waals surface area contributed by atoms with Gasteiger partial charge in [0.15, 0.2) is 5.17 Å². The van der Waals surface area contributed by atoms with Gasteiger partial charge in [0.2, 0.25) is 0 Å². The lowest BCUT2D eigenvalue weighted by atomic mass is 9.96. The lowest BCUT2D eigenvalue weighted by Crippen LogP contribution is -2.32. The number of thioether (sulfide) groups is 1. The van der Waals surface area contributed by atoms with Crippen molar-refractivity contribution in [1.29, 1.82) is 0 Å². The van der Waals surface area contributed by atoms with Crippen LogP contribution in [-0.4, -0.2) is 18.2 Å². The molecule has 0 aromatic heterocycles. The highest BCUT2D eigenvalue weighted by Crippen LogP contribution is 2.46. The van der Waals surface area contributed by atoms with Crippen molar-refractivity contribution in [2.45, 2.75) is 24.8 Å². The molecular weight excluding hydrogens is 343 g/mol. The minimum Gasteiger partial charge on any atom is -0.466 e. The molecule has 1 unspecified atom stereocenters. The number of amidine groups is 1. The van der Waals surface area contributed by atoms with Crippen molar-refractivity contribution in [2.75, 3.05) is 7.11 Å². The molecule has 1 atom stereocenters. The van der Waals surface area contributed by atoms with Gasteiger partial charge in [-0.05, 0) is 18.1 Å². The third-order valence-electron chi connectivity index (χ3n) is 3.45. The van der Waals surface area contributed by atoms with Crippen molar-refractivity contribution in [3.05, 3.63) is 46.7 Å². The summed E-state index contributed by atoms with van der Waals surface area (Å²) in [5.74, 6) is 4.67. The van der Waals surface area contributed by atoms with Crippen molar-refractivity contribution >= 4 is 22.9 Å². The number of aliphatic imine (C=N–C) groups is 1. The van der Waals surface area contributed by atoms with Gasteiger partial charge in [-0.2, -0.15) is 13.2 Å². The molecule has 1 aliphatic rings. The van der Waals surface area contributed by atoms with Crippen LogP contribution >= 0.6 is 11.8 Å². The van der Waals surface area contributed by atoms with E-state index < -0.39 is 23.0 Å². The molecule has 2 rings (SSSR count). The largest absolute Gasteiger partial charge is 0.466 e. The molecular formula is C15H16F3N3O2S. The second-order valence-electron chi connectivity index (χ2n) is 4.85. The van der Waals surface area contributed by atoms with Gasteiger partial charge in [-0.25, -0.2) is 15.6 Å². The number of carbonyl (C=O) groups excluding carboxylic acids is 1. The van der Waals surface area contributed by atoms with Crippen LogP contribution in [0.15, 0.2) is 40.5 Å². The second-order valence-corrected chi connectivity index (χ2v) is 5.94. The highest BCUT2D eigenvalue weighted by molar-refractivity contribution is 8.14. The molecule has 0 spiro atoms. The summed E-state index contributed by atoms with van der Waals surface area (Å²) in [6.45, 7) is 1.75. The molecule has 0 saturated carbocycles. The number of carbonyl (C=O) groups is 1. The summed E-state index contributed by atoms with van der Waals surface area (Å²) in [5, 5.41) is -0.685. The van der Waals surface area contributed by atoms with Gasteiger partial charge in [0.1, 0.15) is 0 Å². The first-order valence-electron chi connectivity index (χ1n) is 7.02. The SMILES string of the molecule is CCC1=C(C(=O)OC)C(c2ccccc2C(F)(F)F)SC(NN)=N1. The zero-order valence-corrected chi connectivity index (χ0v) is 13.8. The zero-order valence-electron chi connectivity index (χ0n) is 13.0. The Morgan fingerprint density at radius 1 is 1.42 bits per heavy atom. The van der Waals surface area contributed by atoms with E-state index in [9.17, 15) is 18.0 Å². The standard InChI is InChI=1S/C15H16F3N3O2S/c1-3-10-11(13(22)23-2)12(24-14(20-10)21-19)8-6-4-5-7-9(8)15(16,17)18/h4-7,12H,3,19H2,1-2H3,(H,20,21). The van der Waals surface area contributed by atoms with Crippen LogP contribution in [0.5, 0.6) is 0 Å². The van der Waals surface area contributed by atoms with Crippen LogP contribution in [0.1, 0.15) is 29.7 Å². The topological polar surface area (TPSA) is 76.7 Å². The number of nitrogens with two attached hydrogens (primary N) is 1. The monoisotopic (exact) mass is 359 g/mol. The van der Waals surface area contributed by atoms with E-state index in [-0.39, 0.29) is 16.3 Å². The molecule has 9 heteroatoms. The Morgan fingerprint density at radius 2 is 2.08 bits per heavy atom. The molecule has 0 radical (unpaired) electrons. The number of benzene rings is 1. The highest BCUT2D eigenvalue weighted by atomic mass is 32.2. The van der Waals surface area contributed by atoms with Gasteiger partial charge in [-0.3, -0.25) is 0 Å². The van der Waals surface area contributed by atoms with Gasteiger partial charge in [-0.15, -0.1) is 0 Å². The minimum atomic E-state index is -4.55. The fraction of sp³-hybridized carbons (Fsp3) is 0.333. The smallest absolute Gasteiger partial charge is 0.416 e. The summed E-state index contributed by atoms with van der Waals surface area (Å²) in [7, 11) is 1.18. The van der Waals surface area contributed by atoms with Crippen LogP contribution in [0.3, 0.4) is 0 Å². The average Bonchev–Trinajstić information content (AvgIpc) is 2.59. The molecule has 0 fully saturated rings. The molecule has 1 heterocycles. The van der Waals surface area contributed by atoms with E-state index in [1.165, 1.54) is 25.3 Å². The van der Waals surface area contributed by atoms with E-state index in [0.717, 1.165) is 17.8 Å². The number of esters is 1. The van der Waals surface area contributed by atoms with Crippen molar-refractivity contribution in [3.63, 3.8) is 0 Å². The van der Waals surface area contributed by atoms with Crippen LogP contribution in [0.2, 0.25) is 0 Å². The number of halogens is 3. The minimum absolute atomic E-state index is 0.0380. The van der Waals surface area contributed by atoms with Crippen LogP contribution < -0.4 is 11.3 Å². The highest BCUT2D eigenvalue weighted by Gasteiger charge is 2.39. The number of allylic oxidation sites excluding steroid dienone is 1. The number of methoxy groups -OCH3 is 1. The lowest BCUT2D eigenvalue weighted by molar-refractivity contribution is -0.139. The summed E-state index contributed by atoms with van der Waals surface area (Å²) >= 11 is 0.941. The van der Waals surface area contributed by atoms with Gasteiger partial charge in [0.25, 0.3) is 0 Å². The van der Waals surface area contributed by atoms with Crippen molar-refractivity contribution in [1.82, 2.24) is 5.43 Å². The Kier molecular flexibility index (Phi) is 5.55. The van der Waals surface area contributed by atoms with E-state index in [1.54, 1.807) is 6.92 Å². The maximum absolute atomic E-state index is 13.4. The Bertz CT molecular complexity index is 701. The molecule has 0 amide bonds. The average molecular weight is 359 g/mol. The molecule has 1 aromatic carbocycles. The van der Waals surface area contributed by atoms with Crippen LogP contribution in [0, 0.1) is 0 Å². The van der Waals surface area contributed by atoms with Crippen molar-refractivity contribution in [3.8, 4) is 0 Å². The number of rotatable bonds is 3. The Balaban J connectivity index is 2.66. The number of nitrogens with one attached hydrogen (secondary N) is 1. The third kappa shape index (κ3) is 3.57. The molecule has 130 valence electrons. The summed E-state index contributed by atoms with van der Waals surface area (Å²) < 4.78 is 44.8. The molecule has 24 heavy (non-hydrogen) atoms. The zero-order chi connectivity index (χ0) is 17.9. The number of alkyl halides is 3. The van der Waals surface area contributed by atoms with Crippen LogP contribution in [0.4, 0.5) is 13.2 Å². The third-order valence-corrected chi connectivity index (χ3v) is 4.61. The van der Waals surface area contributed by atoms with Gasteiger partial charge in [0.05, 0.1) is 29.2 Å². The first-order chi connectivity index (χ1) is 11.3. The van der Waals surface area contributed by atoms with Crippen LogP contribution in [-0.2, 0) is 15.7 Å². The molecule has 0 bridgehead atoms. The predicted molar refractivity (Wildman–Crippen MR) is 85.9 cm³/mol. The fourth-order valence-electron chi connectivity index (χ4n) is 2.40. The van der Waals surface area contributed by atoms with Crippen molar-refractivity contribution < 1.29 is 22.7 Å². The van der Waals surface area contributed by atoms with Gasteiger partial charge < -0.3 is 10.2 Å². The number of hydrogen-bond acceptors (Lipinski definition) is 6. The maximum Gasteiger partial charge on any atom is 0.416 e. The summed E-state index contributed by atoms with van der Waals surface area (Å²) in [6.07, 6.45) is -4.20. The number of hydrogen-bond donors (Lipinski definition) is 2. The quantitative estimate of drug-likeness (QED) is 0.493. The number of hydrazine groups is 1. The fourth-order valence-corrected chi connectivity index (χ4v) is 3.54. The summed E-state index contributed by atoms with van der Waals surface area (Å²) in [6, 6.07) is 5.12. The molecule has 1 aliphatic heterocycles. The maximum atomic E-state index is 13.4. The number of ether oxygens (including phenoxy) is 1. The normalized spacial score (nSPS) is 18.2. The first-order valence-corrected chi connectivity index (χ1v) is 7.90. The Hall–Kier alpha value is -2.00. The molecule has 0 aliphatic carbocycles.